The number of benzene rings is 1. The molecule has 84 valence electrons. The van der Waals surface area contributed by atoms with Crippen LogP contribution in [0.2, 0.25) is 10.0 Å². The van der Waals surface area contributed by atoms with Crippen molar-refractivity contribution in [1.29, 1.82) is 0 Å². The molecule has 0 radical (unpaired) electrons. The van der Waals surface area contributed by atoms with Crippen LogP contribution in [-0.4, -0.2) is 23.9 Å². The monoisotopic (exact) mass is 265 g/mol. The van der Waals surface area contributed by atoms with E-state index < -0.39 is 0 Å². The Morgan fingerprint density at radius 2 is 1.80 bits per heavy atom. The third-order valence-electron chi connectivity index (χ3n) is 2.44. The number of hydrogen-bond acceptors (Lipinski definition) is 1. The van der Waals surface area contributed by atoms with Gasteiger partial charge in [-0.15, -0.1) is 11.6 Å². The van der Waals surface area contributed by atoms with E-state index in [2.05, 4.69) is 11.8 Å². The average Bonchev–Trinajstić information content (AvgIpc) is 2.22. The van der Waals surface area contributed by atoms with E-state index in [1.54, 1.807) is 0 Å². The van der Waals surface area contributed by atoms with E-state index in [-0.39, 0.29) is 0 Å². The highest BCUT2D eigenvalue weighted by molar-refractivity contribution is 6.35. The molecular formula is C11H14Cl3N. The molecule has 0 fully saturated rings. The van der Waals surface area contributed by atoms with Crippen molar-refractivity contribution in [3.63, 3.8) is 0 Å². The average molecular weight is 267 g/mol. The summed E-state index contributed by atoms with van der Waals surface area (Å²) in [6.45, 7) is 2.78. The van der Waals surface area contributed by atoms with Crippen LogP contribution in [0.5, 0.6) is 0 Å². The lowest BCUT2D eigenvalue weighted by atomic mass is 10.2. The largest absolute Gasteiger partial charge is 0.298 e. The lowest BCUT2D eigenvalue weighted by Gasteiger charge is -2.23. The highest BCUT2D eigenvalue weighted by atomic mass is 35.5. The summed E-state index contributed by atoms with van der Waals surface area (Å²) in [6, 6.07) is 5.85. The molecule has 1 rings (SSSR count). The highest BCUT2D eigenvalue weighted by Crippen LogP contribution is 2.25. The summed E-state index contributed by atoms with van der Waals surface area (Å²) < 4.78 is 0. The topological polar surface area (TPSA) is 3.24 Å². The zero-order chi connectivity index (χ0) is 11.4. The van der Waals surface area contributed by atoms with Crippen LogP contribution in [0.25, 0.3) is 0 Å². The van der Waals surface area contributed by atoms with Gasteiger partial charge in [-0.3, -0.25) is 4.90 Å². The van der Waals surface area contributed by atoms with E-state index in [4.69, 9.17) is 34.8 Å². The van der Waals surface area contributed by atoms with E-state index in [0.29, 0.717) is 28.5 Å². The highest BCUT2D eigenvalue weighted by Gasteiger charge is 2.12. The summed E-state index contributed by atoms with van der Waals surface area (Å²) >= 11 is 17.9. The minimum atomic E-state index is 0.305. The van der Waals surface area contributed by atoms with Crippen molar-refractivity contribution in [2.24, 2.45) is 0 Å². The molecule has 0 aliphatic carbocycles. The molecule has 0 aromatic heterocycles. The SMILES string of the molecule is CC(CCl)N(C)Cc1c(Cl)cccc1Cl. The fourth-order valence-electron chi connectivity index (χ4n) is 1.21. The molecule has 4 heteroatoms. The molecule has 1 unspecified atom stereocenters. The van der Waals surface area contributed by atoms with Crippen LogP contribution < -0.4 is 0 Å². The van der Waals surface area contributed by atoms with Crippen LogP contribution in [-0.2, 0) is 6.54 Å². The minimum Gasteiger partial charge on any atom is -0.298 e. The smallest absolute Gasteiger partial charge is 0.0465 e. The zero-order valence-electron chi connectivity index (χ0n) is 8.80. The summed E-state index contributed by atoms with van der Waals surface area (Å²) in [6.07, 6.45) is 0. The van der Waals surface area contributed by atoms with Gasteiger partial charge in [0.25, 0.3) is 0 Å². The normalized spacial score (nSPS) is 13.2. The molecule has 15 heavy (non-hydrogen) atoms. The van der Waals surface area contributed by atoms with Crippen molar-refractivity contribution in [2.75, 3.05) is 12.9 Å². The van der Waals surface area contributed by atoms with Crippen LogP contribution in [0.1, 0.15) is 12.5 Å². The summed E-state index contributed by atoms with van der Waals surface area (Å²) in [5.41, 5.74) is 0.959. The molecule has 1 nitrogen and oxygen atoms in total. The molecule has 0 spiro atoms. The lowest BCUT2D eigenvalue weighted by Crippen LogP contribution is -2.30. The van der Waals surface area contributed by atoms with Crippen molar-refractivity contribution in [1.82, 2.24) is 4.90 Å². The van der Waals surface area contributed by atoms with Gasteiger partial charge in [-0.1, -0.05) is 29.3 Å². The molecule has 0 aliphatic rings. The van der Waals surface area contributed by atoms with Crippen LogP contribution in [0.4, 0.5) is 0 Å². The van der Waals surface area contributed by atoms with Gasteiger partial charge >= 0.3 is 0 Å². The molecule has 0 saturated heterocycles. The molecule has 1 aromatic rings. The number of nitrogens with zero attached hydrogens (tertiary/aromatic N) is 1. The molecule has 0 saturated carbocycles. The fourth-order valence-corrected chi connectivity index (χ4v) is 1.96. The van der Waals surface area contributed by atoms with Gasteiger partial charge in [0.15, 0.2) is 0 Å². The van der Waals surface area contributed by atoms with E-state index >= 15 is 0 Å². The van der Waals surface area contributed by atoms with Gasteiger partial charge in [-0.2, -0.15) is 0 Å². The predicted molar refractivity (Wildman–Crippen MR) is 68.1 cm³/mol. The van der Waals surface area contributed by atoms with Gasteiger partial charge in [-0.25, -0.2) is 0 Å². The van der Waals surface area contributed by atoms with Crippen molar-refractivity contribution in [3.8, 4) is 0 Å². The summed E-state index contributed by atoms with van der Waals surface area (Å²) in [7, 11) is 2.01. The maximum absolute atomic E-state index is 6.08. The first kappa shape index (κ1) is 13.1. The van der Waals surface area contributed by atoms with Gasteiger partial charge in [0.05, 0.1) is 0 Å². The summed E-state index contributed by atoms with van der Waals surface area (Å²) in [5, 5.41) is 1.41. The Morgan fingerprint density at radius 1 is 1.27 bits per heavy atom. The van der Waals surface area contributed by atoms with Crippen molar-refractivity contribution >= 4 is 34.8 Å². The first-order chi connectivity index (χ1) is 7.06. The summed E-state index contributed by atoms with van der Waals surface area (Å²) in [5.74, 6) is 0.596. The quantitative estimate of drug-likeness (QED) is 0.743. The third-order valence-corrected chi connectivity index (χ3v) is 3.60. The molecular weight excluding hydrogens is 252 g/mol. The number of alkyl halides is 1. The molecule has 0 amide bonds. The lowest BCUT2D eigenvalue weighted by molar-refractivity contribution is 0.268. The van der Waals surface area contributed by atoms with Crippen molar-refractivity contribution in [2.45, 2.75) is 19.5 Å². The van der Waals surface area contributed by atoms with Crippen LogP contribution in [0.3, 0.4) is 0 Å². The molecule has 1 aromatic carbocycles. The van der Waals surface area contributed by atoms with E-state index in [0.717, 1.165) is 5.56 Å². The second-order valence-corrected chi connectivity index (χ2v) is 4.74. The van der Waals surface area contributed by atoms with Gasteiger partial charge < -0.3 is 0 Å². The fraction of sp³-hybridized carbons (Fsp3) is 0.455. The standard InChI is InChI=1S/C11H14Cl3N/c1-8(6-12)15(2)7-9-10(13)4-3-5-11(9)14/h3-5,8H,6-7H2,1-2H3. The van der Waals surface area contributed by atoms with Crippen LogP contribution in [0, 0.1) is 0 Å². The maximum atomic E-state index is 6.08. The van der Waals surface area contributed by atoms with E-state index in [9.17, 15) is 0 Å². The predicted octanol–water partition coefficient (Wildman–Crippen LogP) is 4.05. The molecule has 0 aliphatic heterocycles. The van der Waals surface area contributed by atoms with Crippen molar-refractivity contribution in [3.05, 3.63) is 33.8 Å². The minimum absolute atomic E-state index is 0.305. The Bertz CT molecular complexity index is 307. The maximum Gasteiger partial charge on any atom is 0.0465 e. The number of halogens is 3. The Labute approximate surface area is 106 Å². The Hall–Kier alpha value is 0.0500. The van der Waals surface area contributed by atoms with Crippen LogP contribution in [0.15, 0.2) is 18.2 Å². The van der Waals surface area contributed by atoms with Crippen LogP contribution >= 0.6 is 34.8 Å². The summed E-state index contributed by atoms with van der Waals surface area (Å²) in [4.78, 5) is 2.13. The van der Waals surface area contributed by atoms with Gasteiger partial charge in [0, 0.05) is 34.1 Å². The molecule has 1 atom stereocenters. The number of rotatable bonds is 4. The van der Waals surface area contributed by atoms with Crippen molar-refractivity contribution < 1.29 is 0 Å². The van der Waals surface area contributed by atoms with E-state index in [1.807, 2.05) is 25.2 Å². The first-order valence-corrected chi connectivity index (χ1v) is 6.04. The molecule has 0 heterocycles. The Morgan fingerprint density at radius 3 is 2.27 bits per heavy atom. The number of hydrogen-bond donors (Lipinski definition) is 0. The van der Waals surface area contributed by atoms with Gasteiger partial charge in [0.2, 0.25) is 0 Å². The zero-order valence-corrected chi connectivity index (χ0v) is 11.1. The first-order valence-electron chi connectivity index (χ1n) is 4.75. The van der Waals surface area contributed by atoms with Gasteiger partial charge in [-0.05, 0) is 26.1 Å². The Kier molecular flexibility index (Phi) is 5.20. The molecule has 0 N–H and O–H groups in total. The second kappa shape index (κ2) is 5.95. The third kappa shape index (κ3) is 3.53. The van der Waals surface area contributed by atoms with Gasteiger partial charge in [0.1, 0.15) is 0 Å². The second-order valence-electron chi connectivity index (χ2n) is 3.62. The molecule has 0 bridgehead atoms. The Balaban J connectivity index is 2.80. The van der Waals surface area contributed by atoms with E-state index in [1.165, 1.54) is 0 Å².